The highest BCUT2D eigenvalue weighted by Gasteiger charge is 2.08. The van der Waals surface area contributed by atoms with Crippen LogP contribution >= 0.6 is 11.3 Å². The third-order valence-electron chi connectivity index (χ3n) is 3.49. The van der Waals surface area contributed by atoms with Gasteiger partial charge in [-0.25, -0.2) is 0 Å². The maximum absolute atomic E-state index is 11.7. The smallest absolute Gasteiger partial charge is 0.169 e. The Labute approximate surface area is 132 Å². The van der Waals surface area contributed by atoms with Crippen LogP contribution in [0.4, 0.5) is 0 Å². The van der Waals surface area contributed by atoms with Gasteiger partial charge in [-0.05, 0) is 35.2 Å². The summed E-state index contributed by atoms with van der Waals surface area (Å²) in [6, 6.07) is 15.5. The zero-order valence-corrected chi connectivity index (χ0v) is 12.9. The molecule has 3 rings (SSSR count). The number of benzene rings is 2. The minimum atomic E-state index is -0.150. The number of ketones is 1. The highest BCUT2D eigenvalue weighted by molar-refractivity contribution is 7.22. The van der Waals surface area contributed by atoms with E-state index in [0.717, 1.165) is 20.9 Å². The fourth-order valence-electron chi connectivity index (χ4n) is 2.29. The molecule has 0 saturated heterocycles. The van der Waals surface area contributed by atoms with E-state index in [1.807, 2.05) is 30.3 Å². The fourth-order valence-corrected chi connectivity index (χ4v) is 3.39. The SMILES string of the molecule is COc1ccc2cc(-c3ccc(C(=O)CC=O)cc3)sc2c1. The van der Waals surface area contributed by atoms with Gasteiger partial charge in [0, 0.05) is 15.1 Å². The quantitative estimate of drug-likeness (QED) is 0.400. The standard InChI is InChI=1S/C18H14O3S/c1-21-15-7-6-14-10-17(22-18(14)11-15)13-4-2-12(3-5-13)16(20)8-9-19/h2-7,9-11H,8H2,1H3. The molecular weight excluding hydrogens is 296 g/mol. The first-order valence-corrected chi connectivity index (χ1v) is 7.68. The van der Waals surface area contributed by atoms with Crippen LogP contribution in [0.2, 0.25) is 0 Å². The van der Waals surface area contributed by atoms with Crippen LogP contribution in [0, 0.1) is 0 Å². The molecule has 22 heavy (non-hydrogen) atoms. The van der Waals surface area contributed by atoms with E-state index in [0.29, 0.717) is 11.8 Å². The van der Waals surface area contributed by atoms with Crippen molar-refractivity contribution in [2.75, 3.05) is 7.11 Å². The van der Waals surface area contributed by atoms with Crippen molar-refractivity contribution in [3.63, 3.8) is 0 Å². The summed E-state index contributed by atoms with van der Waals surface area (Å²) in [5, 5.41) is 1.17. The molecule has 0 saturated carbocycles. The van der Waals surface area contributed by atoms with Crippen molar-refractivity contribution < 1.29 is 14.3 Å². The number of hydrogen-bond donors (Lipinski definition) is 0. The maximum atomic E-state index is 11.7. The van der Waals surface area contributed by atoms with E-state index in [-0.39, 0.29) is 12.2 Å². The molecule has 0 N–H and O–H groups in total. The highest BCUT2D eigenvalue weighted by atomic mass is 32.1. The van der Waals surface area contributed by atoms with Crippen LogP contribution in [-0.4, -0.2) is 19.2 Å². The van der Waals surface area contributed by atoms with Gasteiger partial charge in [0.1, 0.15) is 12.0 Å². The van der Waals surface area contributed by atoms with Crippen LogP contribution in [0.25, 0.3) is 20.5 Å². The van der Waals surface area contributed by atoms with Gasteiger partial charge < -0.3 is 9.53 Å². The maximum Gasteiger partial charge on any atom is 0.169 e. The number of thiophene rings is 1. The molecule has 0 radical (unpaired) electrons. The molecular formula is C18H14O3S. The van der Waals surface area contributed by atoms with Crippen LogP contribution in [0.15, 0.2) is 48.5 Å². The summed E-state index contributed by atoms with van der Waals surface area (Å²) < 4.78 is 6.41. The van der Waals surface area contributed by atoms with E-state index in [2.05, 4.69) is 6.07 Å². The Hall–Kier alpha value is -2.46. The van der Waals surface area contributed by atoms with E-state index in [1.54, 1.807) is 30.6 Å². The molecule has 3 aromatic rings. The number of aldehydes is 1. The zero-order chi connectivity index (χ0) is 15.5. The molecule has 3 nitrogen and oxygen atoms in total. The van der Waals surface area contributed by atoms with Crippen molar-refractivity contribution in [3.05, 3.63) is 54.1 Å². The van der Waals surface area contributed by atoms with Crippen molar-refractivity contribution in [1.29, 1.82) is 0 Å². The van der Waals surface area contributed by atoms with Gasteiger partial charge in [-0.1, -0.05) is 24.3 Å². The molecule has 1 aromatic heterocycles. The molecule has 0 aliphatic carbocycles. The lowest BCUT2D eigenvalue weighted by molar-refractivity contribution is -0.107. The molecule has 0 fully saturated rings. The highest BCUT2D eigenvalue weighted by Crippen LogP contribution is 2.35. The predicted octanol–water partition coefficient (Wildman–Crippen LogP) is 4.35. The first-order chi connectivity index (χ1) is 10.7. The van der Waals surface area contributed by atoms with Gasteiger partial charge in [-0.15, -0.1) is 11.3 Å². The molecule has 0 aliphatic heterocycles. The second-order valence-electron chi connectivity index (χ2n) is 4.89. The van der Waals surface area contributed by atoms with Crippen LogP contribution < -0.4 is 4.74 Å². The largest absolute Gasteiger partial charge is 0.497 e. The number of carbonyl (C=O) groups excluding carboxylic acids is 2. The summed E-state index contributed by atoms with van der Waals surface area (Å²) in [7, 11) is 1.66. The summed E-state index contributed by atoms with van der Waals surface area (Å²) >= 11 is 1.68. The molecule has 1 heterocycles. The van der Waals surface area contributed by atoms with Gasteiger partial charge in [0.2, 0.25) is 0 Å². The lowest BCUT2D eigenvalue weighted by Gasteiger charge is -2.00. The molecule has 0 spiro atoms. The van der Waals surface area contributed by atoms with Crippen LogP contribution in [0.1, 0.15) is 16.8 Å². The number of Topliss-reactive ketones (excluding diaryl/α,β-unsaturated/α-hetero) is 1. The summed E-state index contributed by atoms with van der Waals surface area (Å²) in [6.07, 6.45) is 0.567. The summed E-state index contributed by atoms with van der Waals surface area (Å²) in [5.74, 6) is 0.693. The Morgan fingerprint density at radius 3 is 2.59 bits per heavy atom. The van der Waals surface area contributed by atoms with Gasteiger partial charge in [0.25, 0.3) is 0 Å². The number of hydrogen-bond acceptors (Lipinski definition) is 4. The van der Waals surface area contributed by atoms with Crippen LogP contribution in [-0.2, 0) is 4.79 Å². The van der Waals surface area contributed by atoms with E-state index in [1.165, 1.54) is 5.39 Å². The van der Waals surface area contributed by atoms with Crippen molar-refractivity contribution >= 4 is 33.5 Å². The van der Waals surface area contributed by atoms with Gasteiger partial charge in [-0.2, -0.15) is 0 Å². The zero-order valence-electron chi connectivity index (χ0n) is 12.0. The molecule has 4 heteroatoms. The van der Waals surface area contributed by atoms with E-state index >= 15 is 0 Å². The predicted molar refractivity (Wildman–Crippen MR) is 88.8 cm³/mol. The molecule has 110 valence electrons. The average Bonchev–Trinajstić information content (AvgIpc) is 2.98. The minimum Gasteiger partial charge on any atom is -0.497 e. The normalized spacial score (nSPS) is 10.6. The van der Waals surface area contributed by atoms with Crippen LogP contribution in [0.3, 0.4) is 0 Å². The summed E-state index contributed by atoms with van der Waals surface area (Å²) in [6.45, 7) is 0. The minimum absolute atomic E-state index is 0.0674. The summed E-state index contributed by atoms with van der Waals surface area (Å²) in [5.41, 5.74) is 1.63. The molecule has 0 amide bonds. The Morgan fingerprint density at radius 2 is 1.91 bits per heavy atom. The first kappa shape index (κ1) is 14.5. The number of fused-ring (bicyclic) bond motifs is 1. The van der Waals surface area contributed by atoms with E-state index in [4.69, 9.17) is 4.74 Å². The third-order valence-corrected chi connectivity index (χ3v) is 4.63. The second kappa shape index (κ2) is 6.12. The molecule has 2 aromatic carbocycles. The monoisotopic (exact) mass is 310 g/mol. The molecule has 0 bridgehead atoms. The van der Waals surface area contributed by atoms with Crippen molar-refractivity contribution in [3.8, 4) is 16.2 Å². The topological polar surface area (TPSA) is 43.4 Å². The second-order valence-corrected chi connectivity index (χ2v) is 5.97. The lowest BCUT2D eigenvalue weighted by Crippen LogP contribution is -1.98. The van der Waals surface area contributed by atoms with Gasteiger partial charge >= 0.3 is 0 Å². The Kier molecular flexibility index (Phi) is 4.02. The number of carbonyl (C=O) groups is 2. The molecule has 0 atom stereocenters. The Bertz CT molecular complexity index is 831. The van der Waals surface area contributed by atoms with Gasteiger partial charge in [0.05, 0.1) is 13.5 Å². The molecule has 0 unspecified atom stereocenters. The van der Waals surface area contributed by atoms with Crippen LogP contribution in [0.5, 0.6) is 5.75 Å². The average molecular weight is 310 g/mol. The summed E-state index contributed by atoms with van der Waals surface area (Å²) in [4.78, 5) is 23.2. The van der Waals surface area contributed by atoms with E-state index < -0.39 is 0 Å². The van der Waals surface area contributed by atoms with E-state index in [9.17, 15) is 9.59 Å². The third kappa shape index (κ3) is 2.78. The Balaban J connectivity index is 1.93. The number of ether oxygens (including phenoxy) is 1. The van der Waals surface area contributed by atoms with Crippen molar-refractivity contribution in [1.82, 2.24) is 0 Å². The Morgan fingerprint density at radius 1 is 1.14 bits per heavy atom. The number of methoxy groups -OCH3 is 1. The van der Waals surface area contributed by atoms with Crippen molar-refractivity contribution in [2.45, 2.75) is 6.42 Å². The first-order valence-electron chi connectivity index (χ1n) is 6.86. The fraction of sp³-hybridized carbons (Fsp3) is 0.111. The van der Waals surface area contributed by atoms with Gasteiger partial charge in [0.15, 0.2) is 5.78 Å². The number of rotatable bonds is 5. The lowest BCUT2D eigenvalue weighted by atomic mass is 10.1. The van der Waals surface area contributed by atoms with Gasteiger partial charge in [-0.3, -0.25) is 4.79 Å². The van der Waals surface area contributed by atoms with Crippen molar-refractivity contribution in [2.24, 2.45) is 0 Å². The molecule has 0 aliphatic rings.